The van der Waals surface area contributed by atoms with Crippen molar-refractivity contribution < 1.29 is 18.0 Å². The van der Waals surface area contributed by atoms with Crippen molar-refractivity contribution in [3.05, 3.63) is 70.2 Å². The number of rotatable bonds is 4. The Hall–Kier alpha value is -2.22. The number of ketones is 1. The van der Waals surface area contributed by atoms with E-state index in [1.165, 1.54) is 0 Å². The van der Waals surface area contributed by atoms with Crippen molar-refractivity contribution in [1.82, 2.24) is 9.80 Å². The zero-order valence-electron chi connectivity index (χ0n) is 16.5. The van der Waals surface area contributed by atoms with E-state index in [0.29, 0.717) is 54.3 Å². The fourth-order valence-electron chi connectivity index (χ4n) is 4.15. The second-order valence-corrected chi connectivity index (χ2v) is 10.4. The Balaban J connectivity index is 1.47. The zero-order chi connectivity index (χ0) is 21.3. The van der Waals surface area contributed by atoms with Crippen molar-refractivity contribution in [3.8, 4) is 0 Å². The molecule has 30 heavy (non-hydrogen) atoms. The van der Waals surface area contributed by atoms with Crippen LogP contribution in [0.5, 0.6) is 0 Å². The third-order valence-corrected chi connectivity index (χ3v) is 7.84. The quantitative estimate of drug-likeness (QED) is 0.674. The standard InChI is InChI=1S/C22H23ClN2O4S/c23-17-7-5-16(6-8-17)21(26)19-3-1-2-4-20(19)22(27)25-12-10-24(11-13-25)18-9-14-30(28,29)15-18/h1-8,18H,9-15H2. The van der Waals surface area contributed by atoms with Crippen LogP contribution in [-0.2, 0) is 9.84 Å². The molecule has 2 aliphatic heterocycles. The number of carbonyl (C=O) groups excluding carboxylic acids is 2. The average molecular weight is 447 g/mol. The van der Waals surface area contributed by atoms with Gasteiger partial charge in [-0.2, -0.15) is 0 Å². The summed E-state index contributed by atoms with van der Waals surface area (Å²) in [6, 6.07) is 13.5. The van der Waals surface area contributed by atoms with Crippen molar-refractivity contribution in [2.24, 2.45) is 0 Å². The summed E-state index contributed by atoms with van der Waals surface area (Å²) in [5, 5.41) is 0.545. The second-order valence-electron chi connectivity index (χ2n) is 7.77. The molecule has 0 bridgehead atoms. The normalized spacial score (nSPS) is 21.5. The molecule has 0 aromatic heterocycles. The van der Waals surface area contributed by atoms with E-state index in [9.17, 15) is 18.0 Å². The average Bonchev–Trinajstić information content (AvgIpc) is 3.13. The zero-order valence-corrected chi connectivity index (χ0v) is 18.0. The number of piperazine rings is 1. The van der Waals surface area contributed by atoms with Gasteiger partial charge in [-0.05, 0) is 36.8 Å². The molecule has 2 aliphatic rings. The predicted octanol–water partition coefficient (Wildman–Crippen LogP) is 2.52. The molecule has 0 N–H and O–H groups in total. The van der Waals surface area contributed by atoms with Crippen LogP contribution in [0.25, 0.3) is 0 Å². The van der Waals surface area contributed by atoms with Crippen molar-refractivity contribution in [1.29, 1.82) is 0 Å². The summed E-state index contributed by atoms with van der Waals surface area (Å²) in [4.78, 5) is 30.1. The number of hydrogen-bond acceptors (Lipinski definition) is 5. The van der Waals surface area contributed by atoms with Crippen molar-refractivity contribution in [2.45, 2.75) is 12.5 Å². The first kappa shape index (κ1) is 21.0. The lowest BCUT2D eigenvalue weighted by atomic mass is 9.97. The first-order chi connectivity index (χ1) is 14.3. The summed E-state index contributed by atoms with van der Waals surface area (Å²) in [5.41, 5.74) is 1.23. The first-order valence-corrected chi connectivity index (χ1v) is 12.2. The van der Waals surface area contributed by atoms with Gasteiger partial charge in [0.15, 0.2) is 15.6 Å². The summed E-state index contributed by atoms with van der Waals surface area (Å²) in [6.45, 7) is 2.30. The summed E-state index contributed by atoms with van der Waals surface area (Å²) in [5.74, 6) is 0.0631. The predicted molar refractivity (Wildman–Crippen MR) is 116 cm³/mol. The number of benzene rings is 2. The fourth-order valence-corrected chi connectivity index (χ4v) is 6.04. The summed E-state index contributed by atoms with van der Waals surface area (Å²) < 4.78 is 23.5. The Morgan fingerprint density at radius 3 is 2.13 bits per heavy atom. The molecule has 0 saturated carbocycles. The Bertz CT molecular complexity index is 1060. The Morgan fingerprint density at radius 2 is 1.53 bits per heavy atom. The molecule has 1 unspecified atom stereocenters. The van der Waals surface area contributed by atoms with Gasteiger partial charge in [-0.3, -0.25) is 14.5 Å². The monoisotopic (exact) mass is 446 g/mol. The Kier molecular flexibility index (Phi) is 5.95. The smallest absolute Gasteiger partial charge is 0.254 e. The van der Waals surface area contributed by atoms with E-state index in [-0.39, 0.29) is 29.2 Å². The molecule has 2 aromatic carbocycles. The van der Waals surface area contributed by atoms with Gasteiger partial charge in [-0.25, -0.2) is 8.42 Å². The third kappa shape index (κ3) is 4.43. The topological polar surface area (TPSA) is 74.8 Å². The van der Waals surface area contributed by atoms with Gasteiger partial charge in [0.2, 0.25) is 0 Å². The molecule has 1 amide bonds. The maximum Gasteiger partial charge on any atom is 0.254 e. The van der Waals surface area contributed by atoms with E-state index in [0.717, 1.165) is 0 Å². The first-order valence-electron chi connectivity index (χ1n) is 9.97. The van der Waals surface area contributed by atoms with Gasteiger partial charge in [0.25, 0.3) is 5.91 Å². The molecular formula is C22H23ClN2O4S. The summed E-state index contributed by atoms with van der Waals surface area (Å²) >= 11 is 5.91. The molecule has 158 valence electrons. The molecule has 0 aliphatic carbocycles. The van der Waals surface area contributed by atoms with E-state index < -0.39 is 9.84 Å². The van der Waals surface area contributed by atoms with E-state index in [4.69, 9.17) is 11.6 Å². The fraction of sp³-hybridized carbons (Fsp3) is 0.364. The van der Waals surface area contributed by atoms with Crippen LogP contribution in [0.2, 0.25) is 5.02 Å². The van der Waals surface area contributed by atoms with Gasteiger partial charge in [-0.1, -0.05) is 29.8 Å². The minimum absolute atomic E-state index is 0.0472. The van der Waals surface area contributed by atoms with Crippen molar-refractivity contribution >= 4 is 33.1 Å². The highest BCUT2D eigenvalue weighted by atomic mass is 35.5. The summed E-state index contributed by atoms with van der Waals surface area (Å²) in [6.07, 6.45) is 0.661. The molecule has 6 nitrogen and oxygen atoms in total. The maximum absolute atomic E-state index is 13.2. The number of halogens is 1. The van der Waals surface area contributed by atoms with Crippen LogP contribution in [0.4, 0.5) is 0 Å². The minimum Gasteiger partial charge on any atom is -0.336 e. The molecule has 1 atom stereocenters. The Morgan fingerprint density at radius 1 is 0.900 bits per heavy atom. The van der Waals surface area contributed by atoms with Crippen LogP contribution >= 0.6 is 11.6 Å². The minimum atomic E-state index is -2.93. The lowest BCUT2D eigenvalue weighted by Crippen LogP contribution is -2.52. The summed E-state index contributed by atoms with van der Waals surface area (Å²) in [7, 11) is -2.93. The van der Waals surface area contributed by atoms with Crippen LogP contribution in [0.15, 0.2) is 48.5 Å². The van der Waals surface area contributed by atoms with E-state index >= 15 is 0 Å². The van der Waals surface area contributed by atoms with Gasteiger partial charge >= 0.3 is 0 Å². The molecule has 2 heterocycles. The number of carbonyl (C=O) groups is 2. The number of sulfone groups is 1. The number of amides is 1. The highest BCUT2D eigenvalue weighted by molar-refractivity contribution is 7.91. The van der Waals surface area contributed by atoms with Crippen LogP contribution in [0.3, 0.4) is 0 Å². The SMILES string of the molecule is O=C(c1ccc(Cl)cc1)c1ccccc1C(=O)N1CCN(C2CCS(=O)(=O)C2)CC1. The van der Waals surface area contributed by atoms with Gasteiger partial charge in [0, 0.05) is 48.4 Å². The highest BCUT2D eigenvalue weighted by Gasteiger charge is 2.34. The van der Waals surface area contributed by atoms with Crippen LogP contribution < -0.4 is 0 Å². The van der Waals surface area contributed by atoms with E-state index in [2.05, 4.69) is 4.90 Å². The van der Waals surface area contributed by atoms with Gasteiger partial charge in [0.1, 0.15) is 0 Å². The lowest BCUT2D eigenvalue weighted by Gasteiger charge is -2.37. The number of hydrogen-bond donors (Lipinski definition) is 0. The molecular weight excluding hydrogens is 424 g/mol. The molecule has 4 rings (SSSR count). The highest BCUT2D eigenvalue weighted by Crippen LogP contribution is 2.22. The second kappa shape index (κ2) is 8.49. The molecule has 0 radical (unpaired) electrons. The van der Waals surface area contributed by atoms with Crippen LogP contribution in [0.1, 0.15) is 32.7 Å². The van der Waals surface area contributed by atoms with Crippen molar-refractivity contribution in [3.63, 3.8) is 0 Å². The molecule has 2 saturated heterocycles. The van der Waals surface area contributed by atoms with E-state index in [1.54, 1.807) is 53.4 Å². The van der Waals surface area contributed by atoms with Crippen LogP contribution in [0, 0.1) is 0 Å². The van der Waals surface area contributed by atoms with Gasteiger partial charge in [0.05, 0.1) is 17.1 Å². The Labute approximate surface area is 181 Å². The largest absolute Gasteiger partial charge is 0.336 e. The van der Waals surface area contributed by atoms with Gasteiger partial charge < -0.3 is 4.90 Å². The van der Waals surface area contributed by atoms with Crippen molar-refractivity contribution in [2.75, 3.05) is 37.7 Å². The number of nitrogens with zero attached hydrogens (tertiary/aromatic N) is 2. The molecule has 2 aromatic rings. The molecule has 0 spiro atoms. The third-order valence-electron chi connectivity index (χ3n) is 5.83. The molecule has 8 heteroatoms. The van der Waals surface area contributed by atoms with E-state index in [1.807, 2.05) is 0 Å². The van der Waals surface area contributed by atoms with Gasteiger partial charge in [-0.15, -0.1) is 0 Å². The molecule has 2 fully saturated rings. The maximum atomic E-state index is 13.2. The van der Waals surface area contributed by atoms with Crippen LogP contribution in [-0.4, -0.2) is 73.6 Å². The lowest BCUT2D eigenvalue weighted by molar-refractivity contribution is 0.0585.